The van der Waals surface area contributed by atoms with Crippen LogP contribution in [0.4, 0.5) is 0 Å². The van der Waals surface area contributed by atoms with Gasteiger partial charge in [0.05, 0.1) is 27.9 Å². The van der Waals surface area contributed by atoms with Gasteiger partial charge in [-0.1, -0.05) is 12.1 Å². The van der Waals surface area contributed by atoms with E-state index in [9.17, 15) is 9.59 Å². The highest BCUT2D eigenvalue weighted by molar-refractivity contribution is 5.95. The van der Waals surface area contributed by atoms with Crippen molar-refractivity contribution in [2.75, 3.05) is 27.9 Å². The smallest absolute Gasteiger partial charge is 0.330 e. The van der Waals surface area contributed by atoms with Crippen LogP contribution < -0.4 is 14.8 Å². The zero-order valence-corrected chi connectivity index (χ0v) is 12.7. The number of methoxy groups -OCH3 is 3. The molecule has 0 bridgehead atoms. The number of hydrogen-bond donors (Lipinski definition) is 2. The van der Waals surface area contributed by atoms with Crippen molar-refractivity contribution in [3.8, 4) is 11.5 Å². The van der Waals surface area contributed by atoms with Gasteiger partial charge in [-0.15, -0.1) is 0 Å². The second-order valence-electron chi connectivity index (χ2n) is 4.18. The molecule has 1 rings (SSSR count). The van der Waals surface area contributed by atoms with Crippen molar-refractivity contribution in [2.45, 2.75) is 6.04 Å². The van der Waals surface area contributed by atoms with Crippen LogP contribution in [-0.4, -0.2) is 51.0 Å². The molecule has 1 aromatic carbocycles. The van der Waals surface area contributed by atoms with E-state index in [1.165, 1.54) is 33.5 Å². The topological polar surface area (TPSA) is 94.1 Å². The van der Waals surface area contributed by atoms with Crippen LogP contribution in [0.1, 0.15) is 5.56 Å². The van der Waals surface area contributed by atoms with Gasteiger partial charge < -0.3 is 24.6 Å². The quantitative estimate of drug-likeness (QED) is 0.558. The minimum absolute atomic E-state index is 0.487. The molecule has 0 radical (unpaired) electrons. The third-order valence-corrected chi connectivity index (χ3v) is 2.83. The number of aliphatic hydroxyl groups is 1. The molecule has 1 aromatic rings. The maximum atomic E-state index is 11.8. The molecule has 0 aromatic heterocycles. The van der Waals surface area contributed by atoms with Gasteiger partial charge in [0.2, 0.25) is 5.91 Å². The lowest BCUT2D eigenvalue weighted by Crippen LogP contribution is -2.43. The average molecular weight is 309 g/mol. The molecule has 0 unspecified atom stereocenters. The van der Waals surface area contributed by atoms with Gasteiger partial charge in [-0.2, -0.15) is 0 Å². The third kappa shape index (κ3) is 4.49. The predicted molar refractivity (Wildman–Crippen MR) is 79.6 cm³/mol. The van der Waals surface area contributed by atoms with Crippen molar-refractivity contribution >= 4 is 18.0 Å². The zero-order valence-electron chi connectivity index (χ0n) is 12.7. The highest BCUT2D eigenvalue weighted by Crippen LogP contribution is 2.31. The number of carbonyl (C=O) groups excluding carboxylic acids is 2. The fraction of sp³-hybridized carbons (Fsp3) is 0.333. The fourth-order valence-corrected chi connectivity index (χ4v) is 1.75. The van der Waals surface area contributed by atoms with E-state index in [-0.39, 0.29) is 0 Å². The summed E-state index contributed by atoms with van der Waals surface area (Å²) in [7, 11) is 4.18. The van der Waals surface area contributed by atoms with E-state index in [0.29, 0.717) is 17.1 Å². The first-order valence-electron chi connectivity index (χ1n) is 6.45. The molecule has 7 heteroatoms. The number of benzene rings is 1. The van der Waals surface area contributed by atoms with E-state index < -0.39 is 24.5 Å². The van der Waals surface area contributed by atoms with Gasteiger partial charge >= 0.3 is 5.97 Å². The largest absolute Gasteiger partial charge is 0.493 e. The Hall–Kier alpha value is -2.54. The summed E-state index contributed by atoms with van der Waals surface area (Å²) in [5, 5.41) is 11.4. The summed E-state index contributed by atoms with van der Waals surface area (Å²) in [6, 6.07) is 4.13. The fourth-order valence-electron chi connectivity index (χ4n) is 1.75. The number of rotatable bonds is 7. The molecule has 0 aliphatic carbocycles. The summed E-state index contributed by atoms with van der Waals surface area (Å²) in [5.41, 5.74) is 0.635. The van der Waals surface area contributed by atoms with Gasteiger partial charge in [-0.25, -0.2) is 4.79 Å². The number of esters is 1. The lowest BCUT2D eigenvalue weighted by atomic mass is 10.1. The molecule has 0 fully saturated rings. The monoisotopic (exact) mass is 309 g/mol. The van der Waals surface area contributed by atoms with Crippen LogP contribution in [0.25, 0.3) is 6.08 Å². The molecule has 1 amide bonds. The Morgan fingerprint density at radius 1 is 1.27 bits per heavy atom. The lowest BCUT2D eigenvalue weighted by Gasteiger charge is -2.12. The molecule has 0 heterocycles. The average Bonchev–Trinajstić information content (AvgIpc) is 2.56. The number of ether oxygens (including phenoxy) is 3. The van der Waals surface area contributed by atoms with E-state index in [1.54, 1.807) is 18.2 Å². The van der Waals surface area contributed by atoms with E-state index in [4.69, 9.17) is 14.6 Å². The van der Waals surface area contributed by atoms with E-state index in [0.717, 1.165) is 0 Å². The summed E-state index contributed by atoms with van der Waals surface area (Å²) in [5.74, 6) is -0.244. The second kappa shape index (κ2) is 8.68. The summed E-state index contributed by atoms with van der Waals surface area (Å²) >= 11 is 0. The standard InChI is InChI=1S/C15H19NO6/c1-20-12-6-4-5-10(14(12)21-2)7-8-13(18)16-11(9-17)15(19)22-3/h4-8,11,17H,9H2,1-3H3,(H,16,18)/b8-7+/t11-/m0/s1. The summed E-state index contributed by atoms with van der Waals surface area (Å²) < 4.78 is 14.9. The third-order valence-electron chi connectivity index (χ3n) is 2.83. The SMILES string of the molecule is COC(=O)[C@H](CO)NC(=O)/C=C/c1cccc(OC)c1OC. The van der Waals surface area contributed by atoms with E-state index >= 15 is 0 Å². The van der Waals surface area contributed by atoms with Crippen molar-refractivity contribution in [1.82, 2.24) is 5.32 Å². The second-order valence-corrected chi connectivity index (χ2v) is 4.18. The van der Waals surface area contributed by atoms with Gasteiger partial charge in [0, 0.05) is 11.6 Å². The summed E-state index contributed by atoms with van der Waals surface area (Å²) in [4.78, 5) is 23.1. The van der Waals surface area contributed by atoms with Gasteiger partial charge in [0.15, 0.2) is 17.5 Å². The molecular formula is C15H19NO6. The van der Waals surface area contributed by atoms with Crippen molar-refractivity contribution in [3.63, 3.8) is 0 Å². The Kier molecular flexibility index (Phi) is 6.91. The summed E-state index contributed by atoms with van der Waals surface area (Å²) in [6.45, 7) is -0.547. The van der Waals surface area contributed by atoms with Crippen molar-refractivity contribution in [3.05, 3.63) is 29.8 Å². The van der Waals surface area contributed by atoms with Crippen LogP contribution >= 0.6 is 0 Å². The number of aliphatic hydroxyl groups excluding tert-OH is 1. The first-order valence-corrected chi connectivity index (χ1v) is 6.45. The van der Waals surface area contributed by atoms with Crippen LogP contribution in [0.2, 0.25) is 0 Å². The first-order chi connectivity index (χ1) is 10.6. The van der Waals surface area contributed by atoms with Crippen LogP contribution in [0.3, 0.4) is 0 Å². The Labute approximate surface area is 128 Å². The van der Waals surface area contributed by atoms with Crippen LogP contribution in [-0.2, 0) is 14.3 Å². The van der Waals surface area contributed by atoms with Crippen LogP contribution in [0.15, 0.2) is 24.3 Å². The van der Waals surface area contributed by atoms with Crippen molar-refractivity contribution in [1.29, 1.82) is 0 Å². The molecule has 0 spiro atoms. The number of hydrogen-bond acceptors (Lipinski definition) is 6. The Morgan fingerprint density at radius 3 is 2.55 bits per heavy atom. The van der Waals surface area contributed by atoms with E-state index in [2.05, 4.69) is 10.1 Å². The molecular weight excluding hydrogens is 290 g/mol. The molecule has 0 aliphatic rings. The highest BCUT2D eigenvalue weighted by Gasteiger charge is 2.19. The van der Waals surface area contributed by atoms with Crippen LogP contribution in [0.5, 0.6) is 11.5 Å². The molecule has 120 valence electrons. The molecule has 0 saturated carbocycles. The Balaban J connectivity index is 2.84. The van der Waals surface area contributed by atoms with Crippen molar-refractivity contribution < 1.29 is 28.9 Å². The first kappa shape index (κ1) is 17.5. The molecule has 7 nitrogen and oxygen atoms in total. The van der Waals surface area contributed by atoms with E-state index in [1.807, 2.05) is 0 Å². The molecule has 0 aliphatic heterocycles. The van der Waals surface area contributed by atoms with Crippen LogP contribution in [0, 0.1) is 0 Å². The number of nitrogens with one attached hydrogen (secondary N) is 1. The maximum Gasteiger partial charge on any atom is 0.330 e. The van der Waals surface area contributed by atoms with Crippen molar-refractivity contribution in [2.24, 2.45) is 0 Å². The molecule has 22 heavy (non-hydrogen) atoms. The number of para-hydroxylation sites is 1. The number of carbonyl (C=O) groups is 2. The normalized spacial score (nSPS) is 11.8. The van der Waals surface area contributed by atoms with Gasteiger partial charge in [0.1, 0.15) is 0 Å². The van der Waals surface area contributed by atoms with Gasteiger partial charge in [0.25, 0.3) is 0 Å². The maximum absolute atomic E-state index is 11.8. The molecule has 0 saturated heterocycles. The minimum atomic E-state index is -1.10. The summed E-state index contributed by atoms with van der Waals surface area (Å²) in [6.07, 6.45) is 2.74. The predicted octanol–water partition coefficient (Wildman–Crippen LogP) is 0.367. The highest BCUT2D eigenvalue weighted by atomic mass is 16.5. The zero-order chi connectivity index (χ0) is 16.5. The molecule has 1 atom stereocenters. The number of amides is 1. The Morgan fingerprint density at radius 2 is 2.00 bits per heavy atom. The molecule has 2 N–H and O–H groups in total. The Bertz CT molecular complexity index is 555. The minimum Gasteiger partial charge on any atom is -0.493 e. The lowest BCUT2D eigenvalue weighted by molar-refractivity contribution is -0.145. The van der Waals surface area contributed by atoms with Gasteiger partial charge in [-0.3, -0.25) is 4.79 Å². The van der Waals surface area contributed by atoms with Gasteiger partial charge in [-0.05, 0) is 12.1 Å².